The van der Waals surface area contributed by atoms with Crippen molar-refractivity contribution in [3.8, 4) is 0 Å². The van der Waals surface area contributed by atoms with Crippen LogP contribution in [0.2, 0.25) is 0 Å². The number of aliphatic hydroxyl groups is 1. The summed E-state index contributed by atoms with van der Waals surface area (Å²) in [7, 11) is 0. The summed E-state index contributed by atoms with van der Waals surface area (Å²) in [6.07, 6.45) is 2.05. The van der Waals surface area contributed by atoms with Crippen LogP contribution in [0, 0.1) is 0 Å². The van der Waals surface area contributed by atoms with Gasteiger partial charge in [-0.05, 0) is 30.9 Å². The van der Waals surface area contributed by atoms with E-state index in [1.165, 1.54) is 5.56 Å². The summed E-state index contributed by atoms with van der Waals surface area (Å²) in [5.41, 5.74) is 1.91. The second-order valence-electron chi connectivity index (χ2n) is 3.74. The lowest BCUT2D eigenvalue weighted by molar-refractivity contribution is 0.0732. The minimum absolute atomic E-state index is 0.00411. The van der Waals surface area contributed by atoms with E-state index < -0.39 is 0 Å². The Morgan fingerprint density at radius 1 is 1.35 bits per heavy atom. The largest absolute Gasteiger partial charge is 0.395 e. The number of hydrogen-bond acceptors (Lipinski definition) is 3. The maximum absolute atomic E-state index is 12.0. The summed E-state index contributed by atoms with van der Waals surface area (Å²) in [5, 5.41) is 8.88. The first kappa shape index (κ1) is 14.1. The first-order chi connectivity index (χ1) is 8.22. The fourth-order valence-corrected chi connectivity index (χ4v) is 2.14. The maximum atomic E-state index is 12.0. The number of benzene rings is 1. The van der Waals surface area contributed by atoms with E-state index in [4.69, 9.17) is 5.11 Å². The minimum Gasteiger partial charge on any atom is -0.395 e. The molecular weight excluding hydrogens is 234 g/mol. The Hall–Kier alpha value is -1.00. The van der Waals surface area contributed by atoms with Crippen LogP contribution in [0.3, 0.4) is 0 Å². The quantitative estimate of drug-likeness (QED) is 0.843. The van der Waals surface area contributed by atoms with Crippen molar-refractivity contribution in [2.24, 2.45) is 0 Å². The van der Waals surface area contributed by atoms with Crippen LogP contribution < -0.4 is 0 Å². The zero-order valence-electron chi connectivity index (χ0n) is 10.3. The summed E-state index contributed by atoms with van der Waals surface area (Å²) in [4.78, 5) is 13.7. The number of hydrogen-bond donors (Lipinski definition) is 1. The fraction of sp³-hybridized carbons (Fsp3) is 0.462. The summed E-state index contributed by atoms with van der Waals surface area (Å²) in [6.45, 7) is 2.92. The van der Waals surface area contributed by atoms with E-state index in [2.05, 4.69) is 6.26 Å². The zero-order chi connectivity index (χ0) is 12.7. The molecule has 0 aliphatic carbocycles. The van der Waals surface area contributed by atoms with Crippen molar-refractivity contribution in [2.45, 2.75) is 12.7 Å². The molecule has 0 aliphatic heterocycles. The van der Waals surface area contributed by atoms with Crippen molar-refractivity contribution >= 4 is 17.7 Å². The molecule has 0 atom stereocenters. The van der Waals surface area contributed by atoms with Crippen LogP contribution >= 0.6 is 11.8 Å². The maximum Gasteiger partial charge on any atom is 0.253 e. The molecule has 1 amide bonds. The lowest BCUT2D eigenvalue weighted by atomic mass is 10.1. The van der Waals surface area contributed by atoms with Gasteiger partial charge in [-0.3, -0.25) is 4.79 Å². The molecule has 0 bridgehead atoms. The highest BCUT2D eigenvalue weighted by molar-refractivity contribution is 7.97. The van der Waals surface area contributed by atoms with E-state index in [0.29, 0.717) is 18.7 Å². The van der Waals surface area contributed by atoms with Gasteiger partial charge in [0, 0.05) is 24.4 Å². The van der Waals surface area contributed by atoms with Crippen molar-refractivity contribution in [1.82, 2.24) is 4.90 Å². The van der Waals surface area contributed by atoms with Crippen molar-refractivity contribution in [1.29, 1.82) is 0 Å². The molecule has 0 heterocycles. The molecule has 0 saturated heterocycles. The standard InChI is InChI=1S/C13H19NO2S/c1-3-14(8-9-15)13(16)12-6-4-11(5-7-12)10-17-2/h4-7,15H,3,8-10H2,1-2H3. The average Bonchev–Trinajstić information content (AvgIpc) is 2.36. The van der Waals surface area contributed by atoms with Crippen LogP contribution in [0.5, 0.6) is 0 Å². The monoisotopic (exact) mass is 253 g/mol. The van der Waals surface area contributed by atoms with Crippen LogP contribution in [0.25, 0.3) is 0 Å². The van der Waals surface area contributed by atoms with Gasteiger partial charge in [-0.15, -0.1) is 0 Å². The number of carbonyl (C=O) groups excluding carboxylic acids is 1. The molecule has 0 spiro atoms. The molecule has 0 saturated carbocycles. The minimum atomic E-state index is -0.0164. The summed E-state index contributed by atoms with van der Waals surface area (Å²) < 4.78 is 0. The second kappa shape index (κ2) is 7.35. The Balaban J connectivity index is 2.74. The van der Waals surface area contributed by atoms with Crippen LogP contribution in [0.15, 0.2) is 24.3 Å². The van der Waals surface area contributed by atoms with Gasteiger partial charge in [-0.1, -0.05) is 12.1 Å². The van der Waals surface area contributed by atoms with Crippen LogP contribution in [-0.4, -0.2) is 41.9 Å². The molecule has 1 aromatic rings. The highest BCUT2D eigenvalue weighted by Crippen LogP contribution is 2.12. The van der Waals surface area contributed by atoms with Crippen molar-refractivity contribution in [3.05, 3.63) is 35.4 Å². The van der Waals surface area contributed by atoms with Gasteiger partial charge in [0.15, 0.2) is 0 Å². The molecule has 94 valence electrons. The third-order valence-electron chi connectivity index (χ3n) is 2.55. The number of aliphatic hydroxyl groups excluding tert-OH is 1. The molecule has 3 nitrogen and oxygen atoms in total. The summed E-state index contributed by atoms with van der Waals surface area (Å²) in [5.74, 6) is 0.944. The van der Waals surface area contributed by atoms with Crippen molar-refractivity contribution in [3.63, 3.8) is 0 Å². The molecular formula is C13H19NO2S. The second-order valence-corrected chi connectivity index (χ2v) is 4.60. The first-order valence-electron chi connectivity index (χ1n) is 5.71. The predicted octanol–water partition coefficient (Wildman–Crippen LogP) is 2.00. The first-order valence-corrected chi connectivity index (χ1v) is 7.10. The lowest BCUT2D eigenvalue weighted by Gasteiger charge is -2.19. The molecule has 0 radical (unpaired) electrons. The topological polar surface area (TPSA) is 40.5 Å². The third-order valence-corrected chi connectivity index (χ3v) is 3.17. The number of amides is 1. The molecule has 1 rings (SSSR count). The Morgan fingerprint density at radius 2 is 2.00 bits per heavy atom. The number of likely N-dealkylation sites (N-methyl/N-ethyl adjacent to an activating group) is 1. The average molecular weight is 253 g/mol. The molecule has 17 heavy (non-hydrogen) atoms. The summed E-state index contributed by atoms with van der Waals surface area (Å²) in [6, 6.07) is 7.68. The van der Waals surface area contributed by atoms with Gasteiger partial charge in [0.05, 0.1) is 6.61 Å². The van der Waals surface area contributed by atoms with E-state index in [1.807, 2.05) is 31.2 Å². The molecule has 1 N–H and O–H groups in total. The molecule has 0 fully saturated rings. The van der Waals surface area contributed by atoms with Gasteiger partial charge in [0.2, 0.25) is 0 Å². The molecule has 0 unspecified atom stereocenters. The van der Waals surface area contributed by atoms with E-state index in [1.54, 1.807) is 16.7 Å². The van der Waals surface area contributed by atoms with Gasteiger partial charge in [0.25, 0.3) is 5.91 Å². The zero-order valence-corrected chi connectivity index (χ0v) is 11.2. The van der Waals surface area contributed by atoms with Crippen LogP contribution in [0.1, 0.15) is 22.8 Å². The highest BCUT2D eigenvalue weighted by Gasteiger charge is 2.12. The number of rotatable bonds is 6. The Morgan fingerprint density at radius 3 is 2.47 bits per heavy atom. The van der Waals surface area contributed by atoms with Crippen LogP contribution in [-0.2, 0) is 5.75 Å². The SMILES string of the molecule is CCN(CCO)C(=O)c1ccc(CSC)cc1. The smallest absolute Gasteiger partial charge is 0.253 e. The van der Waals surface area contributed by atoms with Gasteiger partial charge in [-0.2, -0.15) is 11.8 Å². The van der Waals surface area contributed by atoms with Gasteiger partial charge in [-0.25, -0.2) is 0 Å². The van der Waals surface area contributed by atoms with Gasteiger partial charge >= 0.3 is 0 Å². The van der Waals surface area contributed by atoms with Crippen LogP contribution in [0.4, 0.5) is 0 Å². The normalized spacial score (nSPS) is 10.3. The fourth-order valence-electron chi connectivity index (χ4n) is 1.62. The Labute approximate surface area is 107 Å². The van der Waals surface area contributed by atoms with Gasteiger partial charge < -0.3 is 10.0 Å². The molecule has 0 aromatic heterocycles. The summed E-state index contributed by atoms with van der Waals surface area (Å²) >= 11 is 1.76. The van der Waals surface area contributed by atoms with Gasteiger partial charge in [0.1, 0.15) is 0 Å². The number of carbonyl (C=O) groups is 1. The number of thioether (sulfide) groups is 1. The highest BCUT2D eigenvalue weighted by atomic mass is 32.2. The Bertz CT molecular complexity index is 351. The predicted molar refractivity (Wildman–Crippen MR) is 72.3 cm³/mol. The molecule has 0 aliphatic rings. The number of nitrogens with zero attached hydrogens (tertiary/aromatic N) is 1. The van der Waals surface area contributed by atoms with E-state index in [-0.39, 0.29) is 12.5 Å². The van der Waals surface area contributed by atoms with Crippen molar-refractivity contribution in [2.75, 3.05) is 26.0 Å². The Kier molecular flexibility index (Phi) is 6.08. The molecule has 4 heteroatoms. The van der Waals surface area contributed by atoms with Crippen molar-refractivity contribution < 1.29 is 9.90 Å². The van der Waals surface area contributed by atoms with E-state index in [9.17, 15) is 4.79 Å². The third kappa shape index (κ3) is 4.06. The lowest BCUT2D eigenvalue weighted by Crippen LogP contribution is -2.33. The molecule has 1 aromatic carbocycles. The van der Waals surface area contributed by atoms with E-state index >= 15 is 0 Å². The van der Waals surface area contributed by atoms with E-state index in [0.717, 1.165) is 5.75 Å².